The van der Waals surface area contributed by atoms with Gasteiger partial charge in [-0.1, -0.05) is 27.5 Å². The summed E-state index contributed by atoms with van der Waals surface area (Å²) in [5, 5.41) is 0.535. The highest BCUT2D eigenvalue weighted by molar-refractivity contribution is 9.10. The SMILES string of the molecule is O=C(CCN1CCN(C2CC2)CC1)c1ccc(Br)cc1Cl. The van der Waals surface area contributed by atoms with Gasteiger partial charge in [-0.2, -0.15) is 0 Å². The molecule has 2 aliphatic rings. The lowest BCUT2D eigenvalue weighted by Crippen LogP contribution is -2.47. The first-order valence-electron chi connectivity index (χ1n) is 7.58. The summed E-state index contributed by atoms with van der Waals surface area (Å²) in [6.07, 6.45) is 3.30. The Morgan fingerprint density at radius 3 is 2.57 bits per heavy atom. The first kappa shape index (κ1) is 15.5. The molecule has 0 unspecified atom stereocenters. The van der Waals surface area contributed by atoms with Crippen molar-refractivity contribution in [2.24, 2.45) is 0 Å². The quantitative estimate of drug-likeness (QED) is 0.741. The molecule has 114 valence electrons. The predicted octanol–water partition coefficient (Wildman–Crippen LogP) is 3.46. The number of Topliss-reactive ketones (excluding diaryl/α,β-unsaturated/α-hetero) is 1. The minimum Gasteiger partial charge on any atom is -0.300 e. The zero-order chi connectivity index (χ0) is 14.8. The summed E-state index contributed by atoms with van der Waals surface area (Å²) in [7, 11) is 0. The largest absolute Gasteiger partial charge is 0.300 e. The third kappa shape index (κ3) is 4.07. The molecule has 21 heavy (non-hydrogen) atoms. The number of benzene rings is 1. The Hall–Kier alpha value is -0.420. The standard InChI is InChI=1S/C16H20BrClN2O/c17-12-1-4-14(15(18)11-12)16(21)5-6-19-7-9-20(10-8-19)13-2-3-13/h1,4,11,13H,2-3,5-10H2. The summed E-state index contributed by atoms with van der Waals surface area (Å²) in [6.45, 7) is 5.30. The van der Waals surface area contributed by atoms with Crippen molar-refractivity contribution in [1.82, 2.24) is 9.80 Å². The van der Waals surface area contributed by atoms with Gasteiger partial charge in [0.25, 0.3) is 0 Å². The van der Waals surface area contributed by atoms with E-state index in [2.05, 4.69) is 25.7 Å². The van der Waals surface area contributed by atoms with Gasteiger partial charge in [0, 0.05) is 55.2 Å². The van der Waals surface area contributed by atoms with E-state index in [-0.39, 0.29) is 5.78 Å². The average molecular weight is 372 g/mol. The summed E-state index contributed by atoms with van der Waals surface area (Å²) < 4.78 is 0.903. The highest BCUT2D eigenvalue weighted by Crippen LogP contribution is 2.27. The number of rotatable bonds is 5. The van der Waals surface area contributed by atoms with Crippen LogP contribution in [0.1, 0.15) is 29.6 Å². The Balaban J connectivity index is 1.47. The van der Waals surface area contributed by atoms with Gasteiger partial charge in [0.2, 0.25) is 0 Å². The number of nitrogens with zero attached hydrogens (tertiary/aromatic N) is 2. The fraction of sp³-hybridized carbons (Fsp3) is 0.562. The lowest BCUT2D eigenvalue weighted by Gasteiger charge is -2.34. The Labute approximate surface area is 139 Å². The zero-order valence-corrected chi connectivity index (χ0v) is 14.4. The molecule has 1 aromatic rings. The van der Waals surface area contributed by atoms with E-state index >= 15 is 0 Å². The van der Waals surface area contributed by atoms with E-state index in [9.17, 15) is 4.79 Å². The Kier molecular flexibility index (Phi) is 4.99. The van der Waals surface area contributed by atoms with Crippen molar-refractivity contribution in [1.29, 1.82) is 0 Å². The van der Waals surface area contributed by atoms with Crippen molar-refractivity contribution in [3.63, 3.8) is 0 Å². The topological polar surface area (TPSA) is 23.6 Å². The summed E-state index contributed by atoms with van der Waals surface area (Å²) in [6, 6.07) is 6.31. The van der Waals surface area contributed by atoms with Crippen molar-refractivity contribution in [3.05, 3.63) is 33.3 Å². The van der Waals surface area contributed by atoms with Crippen LogP contribution in [0.4, 0.5) is 0 Å². The van der Waals surface area contributed by atoms with Gasteiger partial charge in [-0.25, -0.2) is 0 Å². The normalized spacial score (nSPS) is 20.7. The van der Waals surface area contributed by atoms with Crippen molar-refractivity contribution in [2.45, 2.75) is 25.3 Å². The van der Waals surface area contributed by atoms with E-state index in [1.54, 1.807) is 12.1 Å². The van der Waals surface area contributed by atoms with Crippen LogP contribution in [0, 0.1) is 0 Å². The van der Waals surface area contributed by atoms with Crippen molar-refractivity contribution in [2.75, 3.05) is 32.7 Å². The average Bonchev–Trinajstić information content (AvgIpc) is 3.30. The molecule has 0 spiro atoms. The lowest BCUT2D eigenvalue weighted by molar-refractivity contribution is 0.0922. The van der Waals surface area contributed by atoms with Gasteiger partial charge in [-0.15, -0.1) is 0 Å². The molecular weight excluding hydrogens is 352 g/mol. The molecule has 1 saturated heterocycles. The second kappa shape index (κ2) is 6.78. The molecule has 0 aromatic heterocycles. The van der Waals surface area contributed by atoms with Crippen molar-refractivity contribution < 1.29 is 4.79 Å². The van der Waals surface area contributed by atoms with Crippen molar-refractivity contribution >= 4 is 33.3 Å². The van der Waals surface area contributed by atoms with E-state index in [0.717, 1.165) is 43.2 Å². The molecule has 2 fully saturated rings. The minimum atomic E-state index is 0.136. The molecule has 0 N–H and O–H groups in total. The molecule has 1 aliphatic carbocycles. The van der Waals surface area contributed by atoms with Gasteiger partial charge in [-0.3, -0.25) is 9.69 Å². The monoisotopic (exact) mass is 370 g/mol. The van der Waals surface area contributed by atoms with E-state index in [1.807, 2.05) is 6.07 Å². The van der Waals surface area contributed by atoms with Crippen LogP contribution in [-0.2, 0) is 0 Å². The number of carbonyl (C=O) groups is 1. The summed E-state index contributed by atoms with van der Waals surface area (Å²) in [5.74, 6) is 0.136. The molecule has 0 atom stereocenters. The molecule has 3 rings (SSSR count). The molecule has 1 heterocycles. The fourth-order valence-electron chi connectivity index (χ4n) is 2.90. The molecule has 1 aliphatic heterocycles. The number of piperazine rings is 1. The third-order valence-electron chi connectivity index (χ3n) is 4.36. The Morgan fingerprint density at radius 2 is 1.95 bits per heavy atom. The van der Waals surface area contributed by atoms with Crippen LogP contribution in [-0.4, -0.2) is 54.3 Å². The number of hydrogen-bond acceptors (Lipinski definition) is 3. The Morgan fingerprint density at radius 1 is 1.24 bits per heavy atom. The summed E-state index contributed by atoms with van der Waals surface area (Å²) in [4.78, 5) is 17.2. The van der Waals surface area contributed by atoms with Crippen LogP contribution in [0.3, 0.4) is 0 Å². The number of ketones is 1. The smallest absolute Gasteiger partial charge is 0.165 e. The maximum atomic E-state index is 12.3. The van der Waals surface area contributed by atoms with Gasteiger partial charge in [0.15, 0.2) is 5.78 Å². The predicted molar refractivity (Wildman–Crippen MR) is 89.1 cm³/mol. The number of halogens is 2. The first-order valence-corrected chi connectivity index (χ1v) is 8.75. The van der Waals surface area contributed by atoms with Crippen LogP contribution in [0.25, 0.3) is 0 Å². The van der Waals surface area contributed by atoms with Gasteiger partial charge >= 0.3 is 0 Å². The fourth-order valence-corrected chi connectivity index (χ4v) is 3.68. The Bertz CT molecular complexity index is 525. The van der Waals surface area contributed by atoms with Gasteiger partial charge in [0.1, 0.15) is 0 Å². The molecule has 0 amide bonds. The molecule has 0 bridgehead atoms. The van der Waals surface area contributed by atoms with E-state index in [4.69, 9.17) is 11.6 Å². The summed E-state index contributed by atoms with van der Waals surface area (Å²) >= 11 is 9.50. The molecule has 1 aromatic carbocycles. The van der Waals surface area contributed by atoms with Crippen LogP contribution < -0.4 is 0 Å². The van der Waals surface area contributed by atoms with Gasteiger partial charge in [0.05, 0.1) is 5.02 Å². The van der Waals surface area contributed by atoms with Crippen LogP contribution in [0.5, 0.6) is 0 Å². The summed E-state index contributed by atoms with van der Waals surface area (Å²) in [5.41, 5.74) is 0.636. The molecule has 5 heteroatoms. The molecule has 3 nitrogen and oxygen atoms in total. The maximum Gasteiger partial charge on any atom is 0.165 e. The zero-order valence-electron chi connectivity index (χ0n) is 12.0. The third-order valence-corrected chi connectivity index (χ3v) is 5.16. The molecular formula is C16H20BrClN2O. The highest BCUT2D eigenvalue weighted by atomic mass is 79.9. The van der Waals surface area contributed by atoms with E-state index in [0.29, 0.717) is 17.0 Å². The molecule has 0 radical (unpaired) electrons. The molecule has 1 saturated carbocycles. The van der Waals surface area contributed by atoms with Crippen LogP contribution in [0.2, 0.25) is 5.02 Å². The van der Waals surface area contributed by atoms with Gasteiger partial charge < -0.3 is 4.90 Å². The van der Waals surface area contributed by atoms with Crippen LogP contribution >= 0.6 is 27.5 Å². The number of carbonyl (C=O) groups excluding carboxylic acids is 1. The number of hydrogen-bond donors (Lipinski definition) is 0. The highest BCUT2D eigenvalue weighted by Gasteiger charge is 2.31. The first-order chi connectivity index (χ1) is 10.1. The second-order valence-electron chi connectivity index (χ2n) is 5.91. The van der Waals surface area contributed by atoms with Crippen LogP contribution in [0.15, 0.2) is 22.7 Å². The van der Waals surface area contributed by atoms with E-state index in [1.165, 1.54) is 12.8 Å². The lowest BCUT2D eigenvalue weighted by atomic mass is 10.1. The second-order valence-corrected chi connectivity index (χ2v) is 7.23. The maximum absolute atomic E-state index is 12.3. The minimum absolute atomic E-state index is 0.136. The van der Waals surface area contributed by atoms with Gasteiger partial charge in [-0.05, 0) is 31.0 Å². The van der Waals surface area contributed by atoms with Crippen molar-refractivity contribution in [3.8, 4) is 0 Å². The van der Waals surface area contributed by atoms with E-state index < -0.39 is 0 Å².